The van der Waals surface area contributed by atoms with Gasteiger partial charge in [0.25, 0.3) is 0 Å². The van der Waals surface area contributed by atoms with Crippen molar-refractivity contribution in [2.45, 2.75) is 25.8 Å². The molecule has 1 unspecified atom stereocenters. The van der Waals surface area contributed by atoms with Crippen molar-refractivity contribution in [1.82, 2.24) is 4.90 Å². The second-order valence-corrected chi connectivity index (χ2v) is 4.08. The summed E-state index contributed by atoms with van der Waals surface area (Å²) in [6.07, 6.45) is 0.340. The quantitative estimate of drug-likeness (QED) is 0.670. The van der Waals surface area contributed by atoms with E-state index in [4.69, 9.17) is 10.00 Å². The summed E-state index contributed by atoms with van der Waals surface area (Å²) >= 11 is 0. The molecular weight excluding hydrogens is 180 g/mol. The predicted octanol–water partition coefficient (Wildman–Crippen LogP) is 0.783. The molecule has 0 aromatic heterocycles. The van der Waals surface area contributed by atoms with Crippen LogP contribution in [0.3, 0.4) is 0 Å². The van der Waals surface area contributed by atoms with Crippen LogP contribution in [0.25, 0.3) is 0 Å². The van der Waals surface area contributed by atoms with E-state index in [0.717, 1.165) is 0 Å². The predicted molar refractivity (Wildman–Crippen MR) is 51.4 cm³/mol. The fraction of sp³-hybridized carbons (Fsp3) is 0.800. The molecule has 14 heavy (non-hydrogen) atoms. The first kappa shape index (κ1) is 11.0. The fourth-order valence-corrected chi connectivity index (χ4v) is 1.84. The summed E-state index contributed by atoms with van der Waals surface area (Å²) in [4.78, 5) is 13.3. The topological polar surface area (TPSA) is 53.3 Å². The number of hydrogen-bond acceptors (Lipinski definition) is 3. The minimum atomic E-state index is -0.357. The molecule has 0 aromatic rings. The number of amides is 1. The number of nitrogens with zero attached hydrogens (tertiary/aromatic N) is 2. The van der Waals surface area contributed by atoms with Gasteiger partial charge in [0.15, 0.2) is 0 Å². The molecule has 4 heteroatoms. The van der Waals surface area contributed by atoms with Crippen LogP contribution in [0.4, 0.5) is 0 Å². The lowest BCUT2D eigenvalue weighted by atomic mass is 9.90. The summed E-state index contributed by atoms with van der Waals surface area (Å²) in [5.41, 5.74) is -0.357. The molecule has 1 aliphatic heterocycles. The van der Waals surface area contributed by atoms with E-state index >= 15 is 0 Å². The molecule has 1 rings (SSSR count). The number of methoxy groups -OCH3 is 1. The van der Waals surface area contributed by atoms with Crippen LogP contribution in [-0.4, -0.2) is 36.6 Å². The van der Waals surface area contributed by atoms with Crippen molar-refractivity contribution in [3.8, 4) is 6.07 Å². The van der Waals surface area contributed by atoms with E-state index in [1.807, 2.05) is 13.8 Å². The maximum atomic E-state index is 11.6. The summed E-state index contributed by atoms with van der Waals surface area (Å²) < 4.78 is 4.94. The first-order valence-electron chi connectivity index (χ1n) is 4.73. The van der Waals surface area contributed by atoms with E-state index in [0.29, 0.717) is 19.6 Å². The Morgan fingerprint density at radius 1 is 1.71 bits per heavy atom. The van der Waals surface area contributed by atoms with Gasteiger partial charge in [0.2, 0.25) is 5.91 Å². The van der Waals surface area contributed by atoms with Crippen LogP contribution in [-0.2, 0) is 9.53 Å². The van der Waals surface area contributed by atoms with Gasteiger partial charge in [0.1, 0.15) is 0 Å². The van der Waals surface area contributed by atoms with Gasteiger partial charge in [-0.3, -0.25) is 4.79 Å². The van der Waals surface area contributed by atoms with Gasteiger partial charge in [-0.1, -0.05) is 0 Å². The fourth-order valence-electron chi connectivity index (χ4n) is 1.84. The van der Waals surface area contributed by atoms with Crippen LogP contribution in [0.2, 0.25) is 0 Å². The minimum Gasteiger partial charge on any atom is -0.383 e. The van der Waals surface area contributed by atoms with Gasteiger partial charge in [0.05, 0.1) is 24.1 Å². The van der Waals surface area contributed by atoms with Gasteiger partial charge in [-0.05, 0) is 13.8 Å². The Morgan fingerprint density at radius 3 is 2.79 bits per heavy atom. The monoisotopic (exact) mass is 196 g/mol. The van der Waals surface area contributed by atoms with Crippen LogP contribution in [0.15, 0.2) is 0 Å². The molecule has 0 aromatic carbocycles. The molecule has 0 N–H and O–H groups in total. The summed E-state index contributed by atoms with van der Waals surface area (Å²) in [7, 11) is 1.61. The summed E-state index contributed by atoms with van der Waals surface area (Å²) in [6, 6.07) is 2.19. The van der Waals surface area contributed by atoms with Crippen molar-refractivity contribution in [3.63, 3.8) is 0 Å². The van der Waals surface area contributed by atoms with Crippen LogP contribution < -0.4 is 0 Å². The Balaban J connectivity index is 2.75. The highest BCUT2D eigenvalue weighted by Crippen LogP contribution is 2.34. The Kier molecular flexibility index (Phi) is 3.12. The molecule has 1 saturated heterocycles. The lowest BCUT2D eigenvalue weighted by molar-refractivity contribution is -0.131. The van der Waals surface area contributed by atoms with Crippen LogP contribution >= 0.6 is 0 Å². The standard InChI is InChI=1S/C10H16N2O2/c1-10(2)8(7-11)6-9(13)12(10)4-5-14-3/h8H,4-6H2,1-3H3. The number of likely N-dealkylation sites (tertiary alicyclic amines) is 1. The molecule has 1 heterocycles. The zero-order valence-electron chi connectivity index (χ0n) is 8.91. The highest BCUT2D eigenvalue weighted by molar-refractivity contribution is 5.80. The molecule has 0 bridgehead atoms. The summed E-state index contributed by atoms with van der Waals surface area (Å²) in [5.74, 6) is -0.148. The van der Waals surface area contributed by atoms with Crippen molar-refractivity contribution >= 4 is 5.91 Å². The van der Waals surface area contributed by atoms with Gasteiger partial charge in [-0.25, -0.2) is 0 Å². The van der Waals surface area contributed by atoms with E-state index in [1.165, 1.54) is 0 Å². The first-order chi connectivity index (χ1) is 6.54. The Hall–Kier alpha value is -1.08. The second kappa shape index (κ2) is 3.97. The number of carbonyl (C=O) groups is 1. The van der Waals surface area contributed by atoms with Gasteiger partial charge in [-0.2, -0.15) is 5.26 Å². The molecule has 4 nitrogen and oxygen atoms in total. The lowest BCUT2D eigenvalue weighted by Gasteiger charge is -2.33. The Morgan fingerprint density at radius 2 is 2.36 bits per heavy atom. The Labute approximate surface area is 84.4 Å². The molecule has 0 saturated carbocycles. The maximum absolute atomic E-state index is 11.6. The number of ether oxygens (including phenoxy) is 1. The van der Waals surface area contributed by atoms with Crippen LogP contribution in [0.1, 0.15) is 20.3 Å². The smallest absolute Gasteiger partial charge is 0.224 e. The first-order valence-corrected chi connectivity index (χ1v) is 4.73. The molecule has 1 amide bonds. The number of carbonyl (C=O) groups excluding carboxylic acids is 1. The molecule has 0 aliphatic carbocycles. The summed E-state index contributed by atoms with van der Waals surface area (Å²) in [6.45, 7) is 4.96. The number of hydrogen-bond donors (Lipinski definition) is 0. The average Bonchev–Trinajstić information content (AvgIpc) is 2.34. The molecule has 0 radical (unpaired) electrons. The highest BCUT2D eigenvalue weighted by atomic mass is 16.5. The molecule has 78 valence electrons. The normalized spacial score (nSPS) is 25.1. The van der Waals surface area contributed by atoms with E-state index in [9.17, 15) is 4.79 Å². The third-order valence-corrected chi connectivity index (χ3v) is 2.90. The average molecular weight is 196 g/mol. The van der Waals surface area contributed by atoms with Crippen molar-refractivity contribution in [1.29, 1.82) is 5.26 Å². The van der Waals surface area contributed by atoms with Crippen molar-refractivity contribution in [2.75, 3.05) is 20.3 Å². The zero-order chi connectivity index (χ0) is 10.8. The third-order valence-electron chi connectivity index (χ3n) is 2.90. The van der Waals surface area contributed by atoms with E-state index in [2.05, 4.69) is 6.07 Å². The van der Waals surface area contributed by atoms with Crippen LogP contribution in [0.5, 0.6) is 0 Å². The molecule has 1 fully saturated rings. The molecule has 0 spiro atoms. The van der Waals surface area contributed by atoms with E-state index in [1.54, 1.807) is 12.0 Å². The van der Waals surface area contributed by atoms with Crippen molar-refractivity contribution in [3.05, 3.63) is 0 Å². The van der Waals surface area contributed by atoms with Gasteiger partial charge in [0, 0.05) is 20.1 Å². The maximum Gasteiger partial charge on any atom is 0.224 e. The lowest BCUT2D eigenvalue weighted by Crippen LogP contribution is -2.45. The van der Waals surface area contributed by atoms with Crippen molar-refractivity contribution in [2.24, 2.45) is 5.92 Å². The SMILES string of the molecule is COCCN1C(=O)CC(C#N)C1(C)C. The molecule has 1 atom stereocenters. The van der Waals surface area contributed by atoms with Gasteiger partial charge < -0.3 is 9.64 Å². The largest absolute Gasteiger partial charge is 0.383 e. The highest BCUT2D eigenvalue weighted by Gasteiger charge is 2.45. The third kappa shape index (κ3) is 1.73. The van der Waals surface area contributed by atoms with Gasteiger partial charge in [-0.15, -0.1) is 0 Å². The van der Waals surface area contributed by atoms with Crippen molar-refractivity contribution < 1.29 is 9.53 Å². The van der Waals surface area contributed by atoms with Crippen LogP contribution in [0, 0.1) is 17.2 Å². The second-order valence-electron chi connectivity index (χ2n) is 4.08. The van der Waals surface area contributed by atoms with Gasteiger partial charge >= 0.3 is 0 Å². The molecule has 1 aliphatic rings. The van der Waals surface area contributed by atoms with E-state index < -0.39 is 0 Å². The molecular formula is C10H16N2O2. The van der Waals surface area contributed by atoms with E-state index in [-0.39, 0.29) is 17.4 Å². The minimum absolute atomic E-state index is 0.0543. The zero-order valence-corrected chi connectivity index (χ0v) is 8.91. The number of nitriles is 1. The Bertz CT molecular complexity index is 268. The summed E-state index contributed by atoms with van der Waals surface area (Å²) in [5, 5.41) is 8.90. The number of rotatable bonds is 3.